The van der Waals surface area contributed by atoms with E-state index in [1.54, 1.807) is 12.1 Å². The minimum atomic E-state index is -0.492. The Morgan fingerprint density at radius 1 is 1.37 bits per heavy atom. The first-order chi connectivity index (χ1) is 9.16. The zero-order chi connectivity index (χ0) is 13.4. The average molecular weight is 276 g/mol. The number of rotatable bonds is 3. The van der Waals surface area contributed by atoms with Crippen LogP contribution in [0.15, 0.2) is 22.8 Å². The van der Waals surface area contributed by atoms with Gasteiger partial charge in [-0.3, -0.25) is 9.59 Å². The fourth-order valence-corrected chi connectivity index (χ4v) is 3.62. The number of aryl methyl sites for hydroxylation is 1. The summed E-state index contributed by atoms with van der Waals surface area (Å²) in [6.45, 7) is 0. The molecule has 1 aliphatic rings. The Morgan fingerprint density at radius 3 is 2.89 bits per heavy atom. The maximum atomic E-state index is 11.9. The van der Waals surface area contributed by atoms with Crippen LogP contribution in [0, 0.1) is 0 Å². The van der Waals surface area contributed by atoms with Gasteiger partial charge >= 0.3 is 0 Å². The number of nitrogens with one attached hydrogen (secondary N) is 1. The van der Waals surface area contributed by atoms with E-state index in [4.69, 9.17) is 10.2 Å². The van der Waals surface area contributed by atoms with Gasteiger partial charge in [0.2, 0.25) is 0 Å². The van der Waals surface area contributed by atoms with Crippen LogP contribution in [0.1, 0.15) is 37.8 Å². The zero-order valence-corrected chi connectivity index (χ0v) is 10.9. The number of nitrogens with two attached hydrogens (primary N) is 1. The fourth-order valence-electron chi connectivity index (χ4n) is 2.33. The smallest absolute Gasteiger partial charge is 0.291 e. The average Bonchev–Trinajstić information content (AvgIpc) is 3.03. The number of fused-ring (bicyclic) bond motifs is 1. The molecule has 19 heavy (non-hydrogen) atoms. The maximum Gasteiger partial charge on any atom is 0.291 e. The van der Waals surface area contributed by atoms with E-state index in [9.17, 15) is 9.59 Å². The van der Waals surface area contributed by atoms with Gasteiger partial charge in [-0.05, 0) is 37.0 Å². The van der Waals surface area contributed by atoms with Crippen LogP contribution in [0.4, 0.5) is 5.00 Å². The molecule has 1 aliphatic carbocycles. The molecule has 98 valence electrons. The molecule has 2 aromatic heterocycles. The standard InChI is InChI=1S/C13H12N2O3S/c14-11(16)10-7-3-1-5-9(7)19-13(10)15-12(17)8-4-2-6-18-8/h2,4,6H,1,3,5H2,(H2,14,16)(H,15,17). The second-order valence-corrected chi connectivity index (χ2v) is 5.46. The lowest BCUT2D eigenvalue weighted by Gasteiger charge is -2.04. The van der Waals surface area contributed by atoms with E-state index in [0.29, 0.717) is 10.6 Å². The summed E-state index contributed by atoms with van der Waals surface area (Å²) in [7, 11) is 0. The number of carbonyl (C=O) groups excluding carboxylic acids is 2. The van der Waals surface area contributed by atoms with Crippen LogP contribution in [0.5, 0.6) is 0 Å². The fraction of sp³-hybridized carbons (Fsp3) is 0.231. The largest absolute Gasteiger partial charge is 0.459 e. The Bertz CT molecular complexity index is 643. The molecule has 0 aromatic carbocycles. The molecular weight excluding hydrogens is 264 g/mol. The van der Waals surface area contributed by atoms with Crippen molar-refractivity contribution in [3.05, 3.63) is 40.2 Å². The monoisotopic (exact) mass is 276 g/mol. The second-order valence-electron chi connectivity index (χ2n) is 4.36. The van der Waals surface area contributed by atoms with Crippen molar-refractivity contribution >= 4 is 28.2 Å². The van der Waals surface area contributed by atoms with Gasteiger partial charge in [0.15, 0.2) is 5.76 Å². The maximum absolute atomic E-state index is 11.9. The summed E-state index contributed by atoms with van der Waals surface area (Å²) in [5.74, 6) is -0.648. The first-order valence-electron chi connectivity index (χ1n) is 5.96. The summed E-state index contributed by atoms with van der Waals surface area (Å²) < 4.78 is 5.02. The molecule has 0 saturated carbocycles. The van der Waals surface area contributed by atoms with Gasteiger partial charge in [-0.2, -0.15) is 0 Å². The van der Waals surface area contributed by atoms with Gasteiger partial charge in [-0.1, -0.05) is 0 Å². The normalized spacial score (nSPS) is 13.3. The van der Waals surface area contributed by atoms with E-state index in [1.165, 1.54) is 17.6 Å². The highest BCUT2D eigenvalue weighted by atomic mass is 32.1. The first kappa shape index (κ1) is 12.0. The molecule has 0 unspecified atom stereocenters. The van der Waals surface area contributed by atoms with Gasteiger partial charge in [0.25, 0.3) is 11.8 Å². The number of amides is 2. The van der Waals surface area contributed by atoms with Gasteiger partial charge in [0.1, 0.15) is 5.00 Å². The van der Waals surface area contributed by atoms with Crippen molar-refractivity contribution in [3.8, 4) is 0 Å². The van der Waals surface area contributed by atoms with Crippen molar-refractivity contribution in [3.63, 3.8) is 0 Å². The lowest BCUT2D eigenvalue weighted by molar-refractivity contribution is 0.0997. The van der Waals surface area contributed by atoms with Crippen molar-refractivity contribution in [2.45, 2.75) is 19.3 Å². The Morgan fingerprint density at radius 2 is 2.21 bits per heavy atom. The zero-order valence-electron chi connectivity index (χ0n) is 10.1. The predicted molar refractivity (Wildman–Crippen MR) is 71.5 cm³/mol. The van der Waals surface area contributed by atoms with E-state index in [1.807, 2.05) is 0 Å². The molecule has 0 aliphatic heterocycles. The van der Waals surface area contributed by atoms with Crippen molar-refractivity contribution in [1.82, 2.24) is 0 Å². The van der Waals surface area contributed by atoms with E-state index >= 15 is 0 Å². The summed E-state index contributed by atoms with van der Waals surface area (Å²) in [6, 6.07) is 3.21. The third kappa shape index (κ3) is 2.04. The highest BCUT2D eigenvalue weighted by Gasteiger charge is 2.26. The van der Waals surface area contributed by atoms with Crippen LogP contribution in [0.3, 0.4) is 0 Å². The minimum Gasteiger partial charge on any atom is -0.459 e. The molecule has 2 amide bonds. The number of hydrogen-bond donors (Lipinski definition) is 2. The summed E-state index contributed by atoms with van der Waals surface area (Å²) in [5, 5.41) is 3.24. The number of carbonyl (C=O) groups is 2. The third-order valence-corrected chi connectivity index (χ3v) is 4.35. The molecule has 2 heterocycles. The van der Waals surface area contributed by atoms with Crippen molar-refractivity contribution in [2.24, 2.45) is 5.73 Å². The predicted octanol–water partition coefficient (Wildman–Crippen LogP) is 2.18. The number of furan rings is 1. The number of thiophene rings is 1. The van der Waals surface area contributed by atoms with Gasteiger partial charge in [-0.25, -0.2) is 0 Å². The summed E-state index contributed by atoms with van der Waals surface area (Å²) in [4.78, 5) is 24.6. The molecule has 0 fully saturated rings. The van der Waals surface area contributed by atoms with Crippen LogP contribution in [-0.4, -0.2) is 11.8 Å². The topological polar surface area (TPSA) is 85.3 Å². The van der Waals surface area contributed by atoms with Gasteiger partial charge in [-0.15, -0.1) is 11.3 Å². The quantitative estimate of drug-likeness (QED) is 0.901. The molecule has 0 saturated heterocycles. The van der Waals surface area contributed by atoms with Crippen LogP contribution in [0.2, 0.25) is 0 Å². The molecule has 0 bridgehead atoms. The minimum absolute atomic E-state index is 0.212. The van der Waals surface area contributed by atoms with E-state index < -0.39 is 5.91 Å². The number of hydrogen-bond acceptors (Lipinski definition) is 4. The van der Waals surface area contributed by atoms with Crippen LogP contribution in [-0.2, 0) is 12.8 Å². The first-order valence-corrected chi connectivity index (χ1v) is 6.77. The van der Waals surface area contributed by atoms with Crippen LogP contribution in [0.25, 0.3) is 0 Å². The molecule has 0 atom stereocenters. The Hall–Kier alpha value is -2.08. The highest BCUT2D eigenvalue weighted by Crippen LogP contribution is 2.38. The highest BCUT2D eigenvalue weighted by molar-refractivity contribution is 7.17. The lowest BCUT2D eigenvalue weighted by atomic mass is 10.1. The lowest BCUT2D eigenvalue weighted by Crippen LogP contribution is -2.17. The van der Waals surface area contributed by atoms with Crippen LogP contribution >= 0.6 is 11.3 Å². The molecule has 6 heteroatoms. The van der Waals surface area contributed by atoms with Gasteiger partial charge < -0.3 is 15.5 Å². The SMILES string of the molecule is NC(=O)c1c(NC(=O)c2ccco2)sc2c1CCC2. The van der Waals surface area contributed by atoms with Gasteiger partial charge in [0, 0.05) is 4.88 Å². The third-order valence-electron chi connectivity index (χ3n) is 3.14. The van der Waals surface area contributed by atoms with E-state index in [2.05, 4.69) is 5.32 Å². The molecule has 0 radical (unpaired) electrons. The molecular formula is C13H12N2O3S. The summed E-state index contributed by atoms with van der Waals surface area (Å²) >= 11 is 1.43. The summed E-state index contributed by atoms with van der Waals surface area (Å²) in [5.41, 5.74) is 6.87. The molecule has 2 aromatic rings. The Balaban J connectivity index is 1.93. The second kappa shape index (κ2) is 4.55. The molecule has 3 N–H and O–H groups in total. The van der Waals surface area contributed by atoms with Gasteiger partial charge in [0.05, 0.1) is 11.8 Å². The molecule has 5 nitrogen and oxygen atoms in total. The number of anilines is 1. The molecule has 0 spiro atoms. The van der Waals surface area contributed by atoms with Crippen molar-refractivity contribution in [2.75, 3.05) is 5.32 Å². The van der Waals surface area contributed by atoms with Crippen molar-refractivity contribution in [1.29, 1.82) is 0 Å². The van der Waals surface area contributed by atoms with E-state index in [0.717, 1.165) is 29.7 Å². The Labute approximate surface area is 113 Å². The Kier molecular flexibility index (Phi) is 2.87. The number of primary amides is 1. The van der Waals surface area contributed by atoms with Crippen LogP contribution < -0.4 is 11.1 Å². The molecule has 3 rings (SSSR count). The summed E-state index contributed by atoms with van der Waals surface area (Å²) in [6.07, 6.45) is 4.25. The van der Waals surface area contributed by atoms with Crippen molar-refractivity contribution < 1.29 is 14.0 Å². The van der Waals surface area contributed by atoms with E-state index in [-0.39, 0.29) is 11.7 Å².